The first-order valence-corrected chi connectivity index (χ1v) is 4.41. The van der Waals surface area contributed by atoms with Gasteiger partial charge in [-0.15, -0.1) is 12.3 Å². The number of aryl methyl sites for hydroxylation is 1. The van der Waals surface area contributed by atoms with Crippen LogP contribution in [0.25, 0.3) is 0 Å². The van der Waals surface area contributed by atoms with Gasteiger partial charge in [0.25, 0.3) is 0 Å². The quantitative estimate of drug-likeness (QED) is 0.555. The number of rotatable bonds is 4. The predicted molar refractivity (Wildman–Crippen MR) is 52.8 cm³/mol. The highest BCUT2D eigenvalue weighted by molar-refractivity contribution is 5.09. The average Bonchev–Trinajstić information content (AvgIpc) is 2.52. The lowest BCUT2D eigenvalue weighted by molar-refractivity contribution is 0.620. The van der Waals surface area contributed by atoms with E-state index in [1.165, 1.54) is 0 Å². The van der Waals surface area contributed by atoms with Crippen LogP contribution in [0.4, 0.5) is 0 Å². The lowest BCUT2D eigenvalue weighted by Crippen LogP contribution is -2.09. The van der Waals surface area contributed by atoms with E-state index < -0.39 is 0 Å². The Bertz CT molecular complexity index is 295. The minimum Gasteiger partial charge on any atom is -0.324 e. The van der Waals surface area contributed by atoms with Crippen molar-refractivity contribution < 1.29 is 0 Å². The predicted octanol–water partition coefficient (Wildman–Crippen LogP) is 1.22. The first-order valence-electron chi connectivity index (χ1n) is 4.41. The fourth-order valence-corrected chi connectivity index (χ4v) is 1.22. The maximum Gasteiger partial charge on any atom is 0.0537 e. The van der Waals surface area contributed by atoms with Crippen LogP contribution in [0.2, 0.25) is 0 Å². The van der Waals surface area contributed by atoms with Gasteiger partial charge in [-0.25, -0.2) is 0 Å². The van der Waals surface area contributed by atoms with Gasteiger partial charge < -0.3 is 5.73 Å². The largest absolute Gasteiger partial charge is 0.324 e. The van der Waals surface area contributed by atoms with E-state index in [4.69, 9.17) is 12.2 Å². The molecule has 0 aromatic carbocycles. The number of nitrogens with zero attached hydrogens (tertiary/aromatic N) is 2. The fraction of sp³-hybridized carbons (Fsp3) is 0.500. The molecule has 3 heteroatoms. The van der Waals surface area contributed by atoms with Crippen LogP contribution >= 0.6 is 0 Å². The van der Waals surface area contributed by atoms with E-state index in [2.05, 4.69) is 11.0 Å². The highest BCUT2D eigenvalue weighted by Gasteiger charge is 2.06. The second-order valence-electron chi connectivity index (χ2n) is 3.15. The molecule has 0 aliphatic rings. The number of hydrogen-bond acceptors (Lipinski definition) is 2. The fourth-order valence-electron chi connectivity index (χ4n) is 1.22. The average molecular weight is 177 g/mol. The SMILES string of the molecule is C#CCCCC(N)c1cnn(C)c1. The molecule has 1 atom stereocenters. The first-order chi connectivity index (χ1) is 6.24. The summed E-state index contributed by atoms with van der Waals surface area (Å²) in [5.41, 5.74) is 7.01. The maximum atomic E-state index is 5.93. The molecule has 0 radical (unpaired) electrons. The second-order valence-corrected chi connectivity index (χ2v) is 3.15. The van der Waals surface area contributed by atoms with Crippen LogP contribution in [0.1, 0.15) is 30.9 Å². The lowest BCUT2D eigenvalue weighted by atomic mass is 10.1. The minimum absolute atomic E-state index is 0.0713. The summed E-state index contributed by atoms with van der Waals surface area (Å²) < 4.78 is 1.76. The summed E-state index contributed by atoms with van der Waals surface area (Å²) in [6.07, 6.45) is 11.6. The van der Waals surface area contributed by atoms with Gasteiger partial charge in [0.15, 0.2) is 0 Å². The molecule has 70 valence electrons. The topological polar surface area (TPSA) is 43.8 Å². The molecular formula is C10H15N3. The van der Waals surface area contributed by atoms with E-state index in [1.807, 2.05) is 13.2 Å². The zero-order chi connectivity index (χ0) is 9.68. The normalized spacial score (nSPS) is 12.4. The smallest absolute Gasteiger partial charge is 0.0537 e. The van der Waals surface area contributed by atoms with Gasteiger partial charge in [0, 0.05) is 31.3 Å². The van der Waals surface area contributed by atoms with Crippen LogP contribution in [0.15, 0.2) is 12.4 Å². The Labute approximate surface area is 78.9 Å². The van der Waals surface area contributed by atoms with Crippen molar-refractivity contribution in [2.45, 2.75) is 25.3 Å². The van der Waals surface area contributed by atoms with Crippen molar-refractivity contribution in [2.24, 2.45) is 12.8 Å². The molecule has 1 aromatic heterocycles. The summed E-state index contributed by atoms with van der Waals surface area (Å²) in [7, 11) is 1.89. The van der Waals surface area contributed by atoms with Gasteiger partial charge in [-0.1, -0.05) is 0 Å². The Morgan fingerprint density at radius 1 is 1.77 bits per heavy atom. The molecule has 0 aliphatic carbocycles. The Balaban J connectivity index is 2.40. The van der Waals surface area contributed by atoms with Crippen LogP contribution in [0.5, 0.6) is 0 Å². The van der Waals surface area contributed by atoms with Gasteiger partial charge in [0.1, 0.15) is 0 Å². The summed E-state index contributed by atoms with van der Waals surface area (Å²) in [5, 5.41) is 4.06. The highest BCUT2D eigenvalue weighted by Crippen LogP contribution is 2.14. The molecule has 0 spiro atoms. The number of aromatic nitrogens is 2. The summed E-state index contributed by atoms with van der Waals surface area (Å²) in [5.74, 6) is 2.60. The lowest BCUT2D eigenvalue weighted by Gasteiger charge is -2.06. The Morgan fingerprint density at radius 3 is 3.08 bits per heavy atom. The van der Waals surface area contributed by atoms with E-state index in [0.717, 1.165) is 24.8 Å². The molecule has 0 aliphatic heterocycles. The monoisotopic (exact) mass is 177 g/mol. The molecule has 0 amide bonds. The molecule has 1 aromatic rings. The first kappa shape index (κ1) is 9.82. The summed E-state index contributed by atoms with van der Waals surface area (Å²) in [6, 6.07) is 0.0713. The van der Waals surface area contributed by atoms with Crippen LogP contribution in [0.3, 0.4) is 0 Å². The van der Waals surface area contributed by atoms with Gasteiger partial charge >= 0.3 is 0 Å². The van der Waals surface area contributed by atoms with Crippen molar-refractivity contribution >= 4 is 0 Å². The molecule has 0 saturated heterocycles. The molecule has 3 nitrogen and oxygen atoms in total. The summed E-state index contributed by atoms with van der Waals surface area (Å²) in [6.45, 7) is 0. The van der Waals surface area contributed by atoms with E-state index >= 15 is 0 Å². The van der Waals surface area contributed by atoms with Crippen molar-refractivity contribution in [1.29, 1.82) is 0 Å². The van der Waals surface area contributed by atoms with Crippen molar-refractivity contribution in [3.8, 4) is 12.3 Å². The van der Waals surface area contributed by atoms with Gasteiger partial charge in [-0.3, -0.25) is 4.68 Å². The van der Waals surface area contributed by atoms with Crippen molar-refractivity contribution in [3.05, 3.63) is 18.0 Å². The van der Waals surface area contributed by atoms with Crippen LogP contribution in [-0.4, -0.2) is 9.78 Å². The molecule has 0 saturated carbocycles. The van der Waals surface area contributed by atoms with Crippen molar-refractivity contribution in [3.63, 3.8) is 0 Å². The third kappa shape index (κ3) is 2.92. The number of terminal acetylenes is 1. The molecule has 0 bridgehead atoms. The van der Waals surface area contributed by atoms with Gasteiger partial charge in [0.05, 0.1) is 6.20 Å². The standard InChI is InChI=1S/C10H15N3/c1-3-4-5-6-10(11)9-7-12-13(2)8-9/h1,7-8,10H,4-6,11H2,2H3. The van der Waals surface area contributed by atoms with E-state index in [9.17, 15) is 0 Å². The summed E-state index contributed by atoms with van der Waals surface area (Å²) in [4.78, 5) is 0. The number of unbranched alkanes of at least 4 members (excludes halogenated alkanes) is 1. The highest BCUT2D eigenvalue weighted by atomic mass is 15.2. The van der Waals surface area contributed by atoms with E-state index in [1.54, 1.807) is 10.9 Å². The van der Waals surface area contributed by atoms with Gasteiger partial charge in [0.2, 0.25) is 0 Å². The van der Waals surface area contributed by atoms with E-state index in [-0.39, 0.29) is 6.04 Å². The van der Waals surface area contributed by atoms with Crippen LogP contribution in [-0.2, 0) is 7.05 Å². The van der Waals surface area contributed by atoms with Gasteiger partial charge in [-0.2, -0.15) is 5.10 Å². The molecule has 1 rings (SSSR count). The molecular weight excluding hydrogens is 162 g/mol. The molecule has 2 N–H and O–H groups in total. The van der Waals surface area contributed by atoms with Gasteiger partial charge in [-0.05, 0) is 12.8 Å². The minimum atomic E-state index is 0.0713. The Kier molecular flexibility index (Phi) is 3.53. The van der Waals surface area contributed by atoms with Crippen molar-refractivity contribution in [2.75, 3.05) is 0 Å². The van der Waals surface area contributed by atoms with Crippen LogP contribution in [0, 0.1) is 12.3 Å². The second kappa shape index (κ2) is 4.68. The van der Waals surface area contributed by atoms with Crippen molar-refractivity contribution in [1.82, 2.24) is 9.78 Å². The maximum absolute atomic E-state index is 5.93. The number of nitrogens with two attached hydrogens (primary N) is 1. The molecule has 0 fully saturated rings. The Hall–Kier alpha value is -1.27. The molecule has 13 heavy (non-hydrogen) atoms. The van der Waals surface area contributed by atoms with E-state index in [0.29, 0.717) is 0 Å². The third-order valence-electron chi connectivity index (χ3n) is 1.99. The molecule has 1 unspecified atom stereocenters. The zero-order valence-corrected chi connectivity index (χ0v) is 7.90. The van der Waals surface area contributed by atoms with Crippen LogP contribution < -0.4 is 5.73 Å². The Morgan fingerprint density at radius 2 is 2.54 bits per heavy atom. The third-order valence-corrected chi connectivity index (χ3v) is 1.99. The zero-order valence-electron chi connectivity index (χ0n) is 7.90. The summed E-state index contributed by atoms with van der Waals surface area (Å²) >= 11 is 0. The number of hydrogen-bond donors (Lipinski definition) is 1. The molecule has 1 heterocycles.